The smallest absolute Gasteiger partial charge is 0.198 e. The Labute approximate surface area is 152 Å². The molecular weight excluding hydrogens is 340 g/mol. The minimum absolute atomic E-state index is 0.199. The number of benzene rings is 1. The molecule has 0 aliphatic rings. The maximum Gasteiger partial charge on any atom is 0.198 e. The lowest BCUT2D eigenvalue weighted by Crippen LogP contribution is -2.15. The zero-order valence-corrected chi connectivity index (χ0v) is 14.9. The zero-order chi connectivity index (χ0) is 18.8. The summed E-state index contributed by atoms with van der Waals surface area (Å²) in [5.41, 5.74) is 1.18. The number of methoxy groups -OCH3 is 2. The Bertz CT molecular complexity index is 621. The van der Waals surface area contributed by atoms with Crippen molar-refractivity contribution in [2.75, 3.05) is 40.6 Å². The van der Waals surface area contributed by atoms with Crippen molar-refractivity contribution in [3.8, 4) is 11.4 Å². The molecule has 0 bridgehead atoms. The fourth-order valence-electron chi connectivity index (χ4n) is 2.11. The van der Waals surface area contributed by atoms with Gasteiger partial charge in [0.1, 0.15) is 11.4 Å². The molecule has 0 aliphatic carbocycles. The van der Waals surface area contributed by atoms with Crippen molar-refractivity contribution in [2.45, 2.75) is 12.6 Å². The van der Waals surface area contributed by atoms with Gasteiger partial charge >= 0.3 is 0 Å². The molecule has 0 aliphatic heterocycles. The maximum absolute atomic E-state index is 10.2. The number of aliphatic hydroxyl groups is 2. The molecule has 1 heterocycles. The Balaban J connectivity index is 2.27. The summed E-state index contributed by atoms with van der Waals surface area (Å²) >= 11 is 0. The molecule has 0 radical (unpaired) electrons. The minimum atomic E-state index is -1.28. The second kappa shape index (κ2) is 10.9. The van der Waals surface area contributed by atoms with Gasteiger partial charge < -0.3 is 29.2 Å². The summed E-state index contributed by atoms with van der Waals surface area (Å²) in [4.78, 5) is 8.69. The average molecular weight is 364 g/mol. The molecule has 2 aromatic rings. The highest BCUT2D eigenvalue weighted by Crippen LogP contribution is 2.23. The van der Waals surface area contributed by atoms with Crippen molar-refractivity contribution < 1.29 is 29.2 Å². The molecule has 0 amide bonds. The van der Waals surface area contributed by atoms with Crippen LogP contribution < -0.4 is 0 Å². The number of aromatic nitrogens is 2. The molecule has 8 heteroatoms. The maximum atomic E-state index is 10.2. The summed E-state index contributed by atoms with van der Waals surface area (Å²) in [5, 5.41) is 20.5. The number of nitrogens with zero attached hydrogens (tertiary/aromatic N) is 2. The fourth-order valence-corrected chi connectivity index (χ4v) is 2.11. The van der Waals surface area contributed by atoms with Gasteiger partial charge in [0.25, 0.3) is 0 Å². The molecule has 2 atom stereocenters. The van der Waals surface area contributed by atoms with Crippen LogP contribution in [0.15, 0.2) is 36.4 Å². The van der Waals surface area contributed by atoms with Crippen molar-refractivity contribution in [2.24, 2.45) is 0 Å². The SMILES string of the molecule is COCCOC(O)c1cc(C(O)OCCOC)nc(-c2ccccc2)n1. The number of hydrogen-bond donors (Lipinski definition) is 2. The summed E-state index contributed by atoms with van der Waals surface area (Å²) < 4.78 is 20.4. The molecular formula is C18H24N2O6. The van der Waals surface area contributed by atoms with Gasteiger partial charge in [0.15, 0.2) is 18.4 Å². The van der Waals surface area contributed by atoms with Gasteiger partial charge in [-0.25, -0.2) is 9.97 Å². The molecule has 0 fully saturated rings. The van der Waals surface area contributed by atoms with Crippen LogP contribution in [0.5, 0.6) is 0 Å². The largest absolute Gasteiger partial charge is 0.382 e. The molecule has 1 aromatic heterocycles. The van der Waals surface area contributed by atoms with E-state index < -0.39 is 12.6 Å². The van der Waals surface area contributed by atoms with Gasteiger partial charge in [-0.2, -0.15) is 0 Å². The molecule has 1 aromatic carbocycles. The highest BCUT2D eigenvalue weighted by atomic mass is 16.6. The van der Waals surface area contributed by atoms with E-state index in [2.05, 4.69) is 9.97 Å². The van der Waals surface area contributed by atoms with Crippen molar-refractivity contribution in [1.82, 2.24) is 9.97 Å². The van der Waals surface area contributed by atoms with E-state index in [1.165, 1.54) is 6.07 Å². The molecule has 2 unspecified atom stereocenters. The number of aliphatic hydroxyl groups excluding tert-OH is 2. The van der Waals surface area contributed by atoms with Crippen LogP contribution in [0.25, 0.3) is 11.4 Å². The van der Waals surface area contributed by atoms with Crippen LogP contribution in [0.3, 0.4) is 0 Å². The minimum Gasteiger partial charge on any atom is -0.382 e. The zero-order valence-electron chi connectivity index (χ0n) is 14.9. The van der Waals surface area contributed by atoms with Crippen LogP contribution in [0.2, 0.25) is 0 Å². The van der Waals surface area contributed by atoms with Crippen LogP contribution >= 0.6 is 0 Å². The number of hydrogen-bond acceptors (Lipinski definition) is 8. The van der Waals surface area contributed by atoms with Gasteiger partial charge in [-0.3, -0.25) is 0 Å². The average Bonchev–Trinajstić information content (AvgIpc) is 2.68. The molecule has 0 saturated heterocycles. The van der Waals surface area contributed by atoms with Gasteiger partial charge in [0.05, 0.1) is 26.4 Å². The standard InChI is InChI=1S/C18H24N2O6/c1-23-8-10-25-17(21)14-12-15(18(22)26-11-9-24-2)20-16(19-14)13-6-4-3-5-7-13/h3-7,12,17-18,21-22H,8-11H2,1-2H3. The van der Waals surface area contributed by atoms with Crippen molar-refractivity contribution in [3.05, 3.63) is 47.8 Å². The van der Waals surface area contributed by atoms with E-state index in [0.717, 1.165) is 5.56 Å². The van der Waals surface area contributed by atoms with E-state index in [1.807, 2.05) is 30.3 Å². The first kappa shape index (κ1) is 20.4. The Kier molecular flexibility index (Phi) is 8.56. The van der Waals surface area contributed by atoms with Crippen molar-refractivity contribution in [1.29, 1.82) is 0 Å². The van der Waals surface area contributed by atoms with Gasteiger partial charge in [0, 0.05) is 19.8 Å². The molecule has 2 rings (SSSR count). The molecule has 26 heavy (non-hydrogen) atoms. The van der Waals surface area contributed by atoms with Crippen LogP contribution in [-0.2, 0) is 18.9 Å². The molecule has 0 spiro atoms. The van der Waals surface area contributed by atoms with Crippen molar-refractivity contribution >= 4 is 0 Å². The first-order valence-corrected chi connectivity index (χ1v) is 8.17. The van der Waals surface area contributed by atoms with Crippen molar-refractivity contribution in [3.63, 3.8) is 0 Å². The van der Waals surface area contributed by atoms with Crippen LogP contribution in [-0.4, -0.2) is 60.8 Å². The van der Waals surface area contributed by atoms with Crippen LogP contribution in [0.4, 0.5) is 0 Å². The lowest BCUT2D eigenvalue weighted by Gasteiger charge is -2.16. The highest BCUT2D eigenvalue weighted by molar-refractivity contribution is 5.54. The summed E-state index contributed by atoms with van der Waals surface area (Å²) in [6, 6.07) is 10.7. The third-order valence-electron chi connectivity index (χ3n) is 3.43. The second-order valence-electron chi connectivity index (χ2n) is 5.34. The van der Waals surface area contributed by atoms with E-state index >= 15 is 0 Å². The monoisotopic (exact) mass is 364 g/mol. The summed E-state index contributed by atoms with van der Waals surface area (Å²) in [7, 11) is 3.08. The summed E-state index contributed by atoms with van der Waals surface area (Å²) in [5.74, 6) is 0.349. The first-order chi connectivity index (χ1) is 12.7. The fraction of sp³-hybridized carbons (Fsp3) is 0.444. The van der Waals surface area contributed by atoms with E-state index in [-0.39, 0.29) is 24.6 Å². The van der Waals surface area contributed by atoms with E-state index in [9.17, 15) is 10.2 Å². The van der Waals surface area contributed by atoms with Gasteiger partial charge in [-0.1, -0.05) is 30.3 Å². The Morgan fingerprint density at radius 2 is 1.31 bits per heavy atom. The molecule has 2 N–H and O–H groups in total. The predicted octanol–water partition coefficient (Wildman–Crippen LogP) is 1.45. The first-order valence-electron chi connectivity index (χ1n) is 8.17. The lowest BCUT2D eigenvalue weighted by molar-refractivity contribution is -0.120. The van der Waals surface area contributed by atoms with Gasteiger partial charge in [-0.15, -0.1) is 0 Å². The Hall–Kier alpha value is -1.94. The molecule has 0 saturated carbocycles. The Morgan fingerprint density at radius 3 is 1.77 bits per heavy atom. The summed E-state index contributed by atoms with van der Waals surface area (Å²) in [6.45, 7) is 1.07. The number of ether oxygens (including phenoxy) is 4. The lowest BCUT2D eigenvalue weighted by atomic mass is 10.2. The van der Waals surface area contributed by atoms with Gasteiger partial charge in [0.2, 0.25) is 0 Å². The van der Waals surface area contributed by atoms with Crippen LogP contribution in [0, 0.1) is 0 Å². The molecule has 142 valence electrons. The van der Waals surface area contributed by atoms with E-state index in [1.54, 1.807) is 14.2 Å². The van der Waals surface area contributed by atoms with Crippen LogP contribution in [0.1, 0.15) is 24.0 Å². The third-order valence-corrected chi connectivity index (χ3v) is 3.43. The third kappa shape index (κ3) is 6.10. The summed E-state index contributed by atoms with van der Waals surface area (Å²) in [6.07, 6.45) is -2.55. The quantitative estimate of drug-likeness (QED) is 0.456. The number of rotatable bonds is 11. The predicted molar refractivity (Wildman–Crippen MR) is 93.0 cm³/mol. The normalized spacial score (nSPS) is 13.5. The Morgan fingerprint density at radius 1 is 0.808 bits per heavy atom. The second-order valence-corrected chi connectivity index (χ2v) is 5.34. The van der Waals surface area contributed by atoms with Gasteiger partial charge in [-0.05, 0) is 6.07 Å². The molecule has 8 nitrogen and oxygen atoms in total. The highest BCUT2D eigenvalue weighted by Gasteiger charge is 2.18. The van der Waals surface area contributed by atoms with E-state index in [4.69, 9.17) is 18.9 Å². The van der Waals surface area contributed by atoms with E-state index in [0.29, 0.717) is 19.0 Å². The topological polar surface area (TPSA) is 103 Å².